The van der Waals surface area contributed by atoms with Gasteiger partial charge in [-0.2, -0.15) is 0 Å². The van der Waals surface area contributed by atoms with Crippen LogP contribution in [0.15, 0.2) is 221 Å². The summed E-state index contributed by atoms with van der Waals surface area (Å²) in [4.78, 5) is 2.32. The Morgan fingerprint density at radius 2 is 0.667 bits per heavy atom. The predicted octanol–water partition coefficient (Wildman–Crippen LogP) is 15.6. The largest absolute Gasteiger partial charge is 0.456 e. The van der Waals surface area contributed by atoms with Gasteiger partial charge < -0.3 is 13.7 Å². The third kappa shape index (κ3) is 5.85. The van der Waals surface area contributed by atoms with E-state index in [0.717, 1.165) is 94.3 Å². The molecule has 0 radical (unpaired) electrons. The molecule has 11 aromatic rings. The van der Waals surface area contributed by atoms with Crippen molar-refractivity contribution < 1.29 is 8.83 Å². The highest BCUT2D eigenvalue weighted by atomic mass is 16.3. The lowest BCUT2D eigenvalue weighted by Gasteiger charge is -2.26. The van der Waals surface area contributed by atoms with E-state index >= 15 is 0 Å². The topological polar surface area (TPSA) is 29.5 Å². The molecular weight excluding hydrogens is 695 g/mol. The molecular formula is C54H35NO2. The number of rotatable bonds is 7. The summed E-state index contributed by atoms with van der Waals surface area (Å²) in [6, 6.07) is 75.3. The highest BCUT2D eigenvalue weighted by Gasteiger charge is 2.17. The second-order valence-corrected chi connectivity index (χ2v) is 14.5. The molecule has 0 spiro atoms. The molecule has 0 atom stereocenters. The van der Waals surface area contributed by atoms with E-state index in [-0.39, 0.29) is 0 Å². The van der Waals surface area contributed by atoms with Crippen molar-refractivity contribution in [3.63, 3.8) is 0 Å². The third-order valence-corrected chi connectivity index (χ3v) is 11.1. The van der Waals surface area contributed by atoms with E-state index in [4.69, 9.17) is 8.83 Å². The Hall–Kier alpha value is -7.62. The van der Waals surface area contributed by atoms with Crippen LogP contribution in [0.25, 0.3) is 88.4 Å². The Morgan fingerprint density at radius 3 is 1.30 bits per heavy atom. The van der Waals surface area contributed by atoms with Gasteiger partial charge in [0.1, 0.15) is 22.3 Å². The molecule has 2 heterocycles. The summed E-state index contributed by atoms with van der Waals surface area (Å²) >= 11 is 0. The van der Waals surface area contributed by atoms with Crippen LogP contribution in [0.5, 0.6) is 0 Å². The molecule has 3 heteroatoms. The van der Waals surface area contributed by atoms with E-state index in [1.807, 2.05) is 24.3 Å². The Morgan fingerprint density at radius 1 is 0.246 bits per heavy atom. The summed E-state index contributed by atoms with van der Waals surface area (Å²) < 4.78 is 12.4. The summed E-state index contributed by atoms with van der Waals surface area (Å²) in [5, 5.41) is 4.48. The summed E-state index contributed by atoms with van der Waals surface area (Å²) in [6.07, 6.45) is 0. The quantitative estimate of drug-likeness (QED) is 0.164. The van der Waals surface area contributed by atoms with Crippen molar-refractivity contribution in [2.75, 3.05) is 4.90 Å². The van der Waals surface area contributed by atoms with Crippen molar-refractivity contribution in [2.24, 2.45) is 0 Å². The van der Waals surface area contributed by atoms with Crippen LogP contribution >= 0.6 is 0 Å². The second-order valence-electron chi connectivity index (χ2n) is 14.5. The van der Waals surface area contributed by atoms with Crippen LogP contribution in [0.4, 0.5) is 17.1 Å². The SMILES string of the molecule is c1ccc(-c2ccc(N(c3ccccc3)c3ccc(-c4cc(-c5ccc6oc7ccccc7c6c5)ccc4-c4ccc5oc6ccccc6c5c4)cc3)cc2)cc1. The average molecular weight is 730 g/mol. The van der Waals surface area contributed by atoms with Crippen LogP contribution in [-0.4, -0.2) is 0 Å². The zero-order valence-corrected chi connectivity index (χ0v) is 31.0. The summed E-state index contributed by atoms with van der Waals surface area (Å²) in [7, 11) is 0. The molecule has 2 aromatic heterocycles. The first-order valence-electron chi connectivity index (χ1n) is 19.3. The molecule has 0 unspecified atom stereocenters. The standard InChI is InChI=1S/C54H35NO2/c1-3-11-36(12-4-1)37-19-26-43(27-20-37)55(42-13-5-2-6-14-42)44-28-21-38(22-29-44)48-33-39(40-24-31-53-49(34-40)46-15-7-9-17-51(46)56-53)23-30-45(48)41-25-32-54-50(35-41)47-16-8-10-18-52(47)57-54/h1-35H. The predicted molar refractivity (Wildman–Crippen MR) is 237 cm³/mol. The molecule has 0 bridgehead atoms. The van der Waals surface area contributed by atoms with Crippen LogP contribution in [0, 0.1) is 0 Å². The van der Waals surface area contributed by atoms with E-state index in [0.29, 0.717) is 0 Å². The van der Waals surface area contributed by atoms with Gasteiger partial charge >= 0.3 is 0 Å². The normalized spacial score (nSPS) is 11.5. The number of benzene rings is 9. The van der Waals surface area contributed by atoms with Gasteiger partial charge in [-0.15, -0.1) is 0 Å². The summed E-state index contributed by atoms with van der Waals surface area (Å²) in [5.41, 5.74) is 16.1. The Labute approximate surface area is 330 Å². The number of furan rings is 2. The van der Waals surface area contributed by atoms with Gasteiger partial charge in [-0.1, -0.05) is 133 Å². The van der Waals surface area contributed by atoms with Crippen molar-refractivity contribution in [3.8, 4) is 44.5 Å². The van der Waals surface area contributed by atoms with Crippen LogP contribution in [0.1, 0.15) is 0 Å². The third-order valence-electron chi connectivity index (χ3n) is 11.1. The fraction of sp³-hybridized carbons (Fsp3) is 0. The van der Waals surface area contributed by atoms with Gasteiger partial charge in [0.2, 0.25) is 0 Å². The Balaban J connectivity index is 1.04. The summed E-state index contributed by atoms with van der Waals surface area (Å²) in [5.74, 6) is 0. The average Bonchev–Trinajstić information content (AvgIpc) is 3.85. The molecule has 0 saturated heterocycles. The molecule has 0 aliphatic rings. The van der Waals surface area contributed by atoms with Gasteiger partial charge in [0.05, 0.1) is 0 Å². The number of fused-ring (bicyclic) bond motifs is 6. The molecule has 0 fully saturated rings. The lowest BCUT2D eigenvalue weighted by molar-refractivity contribution is 0.668. The fourth-order valence-corrected chi connectivity index (χ4v) is 8.26. The first-order valence-corrected chi connectivity index (χ1v) is 19.3. The van der Waals surface area contributed by atoms with Crippen LogP contribution in [0.3, 0.4) is 0 Å². The van der Waals surface area contributed by atoms with Gasteiger partial charge in [0, 0.05) is 38.6 Å². The van der Waals surface area contributed by atoms with Crippen LogP contribution < -0.4 is 4.90 Å². The Kier molecular flexibility index (Phi) is 7.82. The molecule has 0 aliphatic heterocycles. The zero-order chi connectivity index (χ0) is 37.7. The minimum absolute atomic E-state index is 0.890. The first-order chi connectivity index (χ1) is 28.2. The maximum Gasteiger partial charge on any atom is 0.135 e. The molecule has 268 valence electrons. The van der Waals surface area contributed by atoms with E-state index in [1.54, 1.807) is 0 Å². The number of hydrogen-bond acceptors (Lipinski definition) is 3. The monoisotopic (exact) mass is 729 g/mol. The smallest absolute Gasteiger partial charge is 0.135 e. The van der Waals surface area contributed by atoms with Gasteiger partial charge in [-0.05, 0) is 123 Å². The van der Waals surface area contributed by atoms with E-state index in [1.165, 1.54) is 11.1 Å². The zero-order valence-electron chi connectivity index (χ0n) is 31.0. The molecule has 0 amide bonds. The van der Waals surface area contributed by atoms with Crippen LogP contribution in [0.2, 0.25) is 0 Å². The highest BCUT2D eigenvalue weighted by molar-refractivity contribution is 6.08. The second kappa shape index (κ2) is 13.6. The highest BCUT2D eigenvalue weighted by Crippen LogP contribution is 2.42. The lowest BCUT2D eigenvalue weighted by Crippen LogP contribution is -2.09. The first kappa shape index (κ1) is 32.8. The molecule has 0 saturated carbocycles. The van der Waals surface area contributed by atoms with Gasteiger partial charge in [-0.3, -0.25) is 0 Å². The summed E-state index contributed by atoms with van der Waals surface area (Å²) in [6.45, 7) is 0. The van der Waals surface area contributed by atoms with Crippen molar-refractivity contribution >= 4 is 60.9 Å². The molecule has 11 rings (SSSR count). The number of anilines is 3. The fourth-order valence-electron chi connectivity index (χ4n) is 8.26. The Bertz CT molecular complexity index is 3210. The lowest BCUT2D eigenvalue weighted by atomic mass is 9.90. The van der Waals surface area contributed by atoms with Gasteiger partial charge in [-0.25, -0.2) is 0 Å². The van der Waals surface area contributed by atoms with Crippen LogP contribution in [-0.2, 0) is 0 Å². The molecule has 9 aromatic carbocycles. The molecule has 3 nitrogen and oxygen atoms in total. The maximum atomic E-state index is 6.22. The maximum absolute atomic E-state index is 6.22. The molecule has 0 aliphatic carbocycles. The van der Waals surface area contributed by atoms with Crippen molar-refractivity contribution in [3.05, 3.63) is 212 Å². The van der Waals surface area contributed by atoms with Crippen molar-refractivity contribution in [2.45, 2.75) is 0 Å². The minimum atomic E-state index is 0.890. The van der Waals surface area contributed by atoms with Crippen molar-refractivity contribution in [1.29, 1.82) is 0 Å². The van der Waals surface area contributed by atoms with Crippen molar-refractivity contribution in [1.82, 2.24) is 0 Å². The molecule has 57 heavy (non-hydrogen) atoms. The van der Waals surface area contributed by atoms with E-state index in [9.17, 15) is 0 Å². The van der Waals surface area contributed by atoms with Gasteiger partial charge in [0.25, 0.3) is 0 Å². The number of nitrogens with zero attached hydrogens (tertiary/aromatic N) is 1. The number of hydrogen-bond donors (Lipinski definition) is 0. The number of para-hydroxylation sites is 3. The van der Waals surface area contributed by atoms with E-state index < -0.39 is 0 Å². The minimum Gasteiger partial charge on any atom is -0.456 e. The van der Waals surface area contributed by atoms with Gasteiger partial charge in [0.15, 0.2) is 0 Å². The molecule has 0 N–H and O–H groups in total. The van der Waals surface area contributed by atoms with E-state index in [2.05, 4.69) is 193 Å².